The summed E-state index contributed by atoms with van der Waals surface area (Å²) in [6, 6.07) is 17.2. The van der Waals surface area contributed by atoms with Gasteiger partial charge in [0.25, 0.3) is 5.91 Å². The molecule has 0 aliphatic rings. The number of ether oxygens (including phenoxy) is 1. The molecule has 0 aromatic carbocycles. The lowest BCUT2D eigenvalue weighted by molar-refractivity contribution is 0.0519. The van der Waals surface area contributed by atoms with Gasteiger partial charge in [0, 0.05) is 36.9 Å². The van der Waals surface area contributed by atoms with Crippen LogP contribution < -0.4 is 16.4 Å². The average molecular weight is 660 g/mol. The van der Waals surface area contributed by atoms with E-state index in [0.29, 0.717) is 34.6 Å². The third-order valence-corrected chi connectivity index (χ3v) is 6.07. The zero-order valence-electron chi connectivity index (χ0n) is 23.8. The minimum absolute atomic E-state index is 0.0179. The number of anilines is 4. The Morgan fingerprint density at radius 2 is 1.26 bits per heavy atom. The van der Waals surface area contributed by atoms with Crippen LogP contribution in [0.2, 0.25) is 10.3 Å². The maximum absolute atomic E-state index is 12.0. The Morgan fingerprint density at radius 3 is 1.72 bits per heavy atom. The van der Waals surface area contributed by atoms with Crippen LogP contribution in [-0.2, 0) is 4.74 Å². The first-order valence-electron chi connectivity index (χ1n) is 13.3. The second kappa shape index (κ2) is 14.7. The summed E-state index contributed by atoms with van der Waals surface area (Å²) in [6.07, 6.45) is 6.86. The molecule has 0 atom stereocenters. The number of amides is 1. The van der Waals surface area contributed by atoms with Crippen molar-refractivity contribution in [3.8, 4) is 11.6 Å². The molecule has 6 heterocycles. The third kappa shape index (κ3) is 7.93. The largest absolute Gasteiger partial charge is 0.461 e. The number of aromatic nitrogens is 10. The Hall–Kier alpha value is -6.00. The summed E-state index contributed by atoms with van der Waals surface area (Å²) in [5, 5.41) is 29.3. The highest BCUT2D eigenvalue weighted by atomic mass is 35.5. The molecule has 6 aromatic heterocycles. The predicted molar refractivity (Wildman–Crippen MR) is 168 cm³/mol. The highest BCUT2D eigenvalue weighted by Crippen LogP contribution is 2.23. The maximum atomic E-state index is 12.0. The number of rotatable bonds is 9. The predicted octanol–water partition coefficient (Wildman–Crippen LogP) is 4.18. The molecule has 18 heteroatoms. The van der Waals surface area contributed by atoms with Crippen molar-refractivity contribution in [2.24, 2.45) is 5.73 Å². The maximum Gasteiger partial charge on any atom is 0.361 e. The van der Waals surface area contributed by atoms with Crippen molar-refractivity contribution in [2.75, 3.05) is 17.2 Å². The smallest absolute Gasteiger partial charge is 0.361 e. The Balaban J connectivity index is 0.000000182. The van der Waals surface area contributed by atoms with E-state index in [1.54, 1.807) is 77.5 Å². The normalized spacial score (nSPS) is 10.4. The van der Waals surface area contributed by atoms with E-state index in [0.717, 1.165) is 0 Å². The number of esters is 1. The van der Waals surface area contributed by atoms with Gasteiger partial charge in [0.15, 0.2) is 33.3 Å². The molecule has 0 radical (unpaired) electrons. The molecule has 0 aliphatic heterocycles. The summed E-state index contributed by atoms with van der Waals surface area (Å²) in [5.74, 6) is 0.916. The number of nitrogens with zero attached hydrogens (tertiary/aromatic N) is 10. The lowest BCUT2D eigenvalue weighted by Crippen LogP contribution is -2.16. The van der Waals surface area contributed by atoms with Gasteiger partial charge >= 0.3 is 5.97 Å². The molecule has 0 saturated carbocycles. The van der Waals surface area contributed by atoms with Crippen molar-refractivity contribution in [1.29, 1.82) is 0 Å². The van der Waals surface area contributed by atoms with E-state index in [1.807, 2.05) is 12.1 Å². The second-order valence-electron chi connectivity index (χ2n) is 8.86. The molecule has 0 bridgehead atoms. The summed E-state index contributed by atoms with van der Waals surface area (Å²) in [7, 11) is 0. The van der Waals surface area contributed by atoms with Gasteiger partial charge in [0.1, 0.15) is 11.6 Å². The molecule has 0 aliphatic carbocycles. The molecule has 4 N–H and O–H groups in total. The highest BCUT2D eigenvalue weighted by Gasteiger charge is 2.17. The van der Waals surface area contributed by atoms with Crippen LogP contribution in [0.3, 0.4) is 0 Å². The lowest BCUT2D eigenvalue weighted by atomic mass is 10.3. The molecule has 0 spiro atoms. The number of nitrogens with one attached hydrogen (secondary N) is 2. The van der Waals surface area contributed by atoms with Gasteiger partial charge in [-0.25, -0.2) is 24.1 Å². The van der Waals surface area contributed by atoms with Gasteiger partial charge in [-0.05, 0) is 43.3 Å². The minimum atomic E-state index is -0.713. The monoisotopic (exact) mass is 659 g/mol. The van der Waals surface area contributed by atoms with Crippen molar-refractivity contribution < 1.29 is 14.3 Å². The molecule has 0 fully saturated rings. The number of carbonyl (C=O) groups is 2. The van der Waals surface area contributed by atoms with Crippen LogP contribution in [0, 0.1) is 0 Å². The van der Waals surface area contributed by atoms with Gasteiger partial charge in [0.05, 0.1) is 18.0 Å². The van der Waals surface area contributed by atoms with Crippen LogP contribution in [0.1, 0.15) is 27.9 Å². The van der Waals surface area contributed by atoms with E-state index in [2.05, 4.69) is 51.2 Å². The highest BCUT2D eigenvalue weighted by molar-refractivity contribution is 6.30. The van der Waals surface area contributed by atoms with Gasteiger partial charge < -0.3 is 21.1 Å². The van der Waals surface area contributed by atoms with Crippen LogP contribution in [0.25, 0.3) is 11.6 Å². The fourth-order valence-corrected chi connectivity index (χ4v) is 4.08. The van der Waals surface area contributed by atoms with E-state index >= 15 is 0 Å². The van der Waals surface area contributed by atoms with Gasteiger partial charge in [0.2, 0.25) is 0 Å². The molecule has 0 saturated heterocycles. The zero-order chi connectivity index (χ0) is 32.5. The molecular weight excluding hydrogens is 637 g/mol. The van der Waals surface area contributed by atoms with E-state index in [4.69, 9.17) is 33.7 Å². The topological polar surface area (TPSA) is 206 Å². The molecule has 0 unspecified atom stereocenters. The summed E-state index contributed by atoms with van der Waals surface area (Å²) in [4.78, 5) is 32.2. The number of nitrogens with two attached hydrogens (primary N) is 1. The Bertz CT molecular complexity index is 1950. The van der Waals surface area contributed by atoms with Crippen LogP contribution in [0.4, 0.5) is 23.0 Å². The first-order valence-corrected chi connectivity index (χ1v) is 14.1. The lowest BCUT2D eigenvalue weighted by Gasteiger charge is -2.10. The van der Waals surface area contributed by atoms with Crippen LogP contribution >= 0.6 is 23.2 Å². The quantitative estimate of drug-likeness (QED) is 0.186. The van der Waals surface area contributed by atoms with Crippen molar-refractivity contribution >= 4 is 58.1 Å². The van der Waals surface area contributed by atoms with Crippen LogP contribution in [0.15, 0.2) is 85.5 Å². The van der Waals surface area contributed by atoms with Crippen molar-refractivity contribution in [3.63, 3.8) is 0 Å². The van der Waals surface area contributed by atoms with Gasteiger partial charge in [-0.2, -0.15) is 10.2 Å². The number of primary amides is 1. The summed E-state index contributed by atoms with van der Waals surface area (Å²) >= 11 is 11.7. The summed E-state index contributed by atoms with van der Waals surface area (Å²) in [6.45, 7) is 1.94. The number of hydrogen-bond donors (Lipinski definition) is 3. The third-order valence-electron chi connectivity index (χ3n) is 5.70. The molecule has 6 rings (SSSR count). The SMILES string of the molecule is CCOC(=O)c1nnc(Cl)cc1Nc1cccc(-n2cccn2)n1.NC(=O)c1nnc(Cl)cc1Nc1cccc(-n2cccn2)n1. The molecular formula is C28H23Cl2N13O3. The van der Waals surface area contributed by atoms with E-state index < -0.39 is 11.9 Å². The number of halogens is 2. The molecule has 46 heavy (non-hydrogen) atoms. The van der Waals surface area contributed by atoms with E-state index in [-0.39, 0.29) is 28.3 Å². The van der Waals surface area contributed by atoms with Crippen LogP contribution in [-0.4, -0.2) is 68.4 Å². The first kappa shape index (κ1) is 31.4. The molecule has 1 amide bonds. The van der Waals surface area contributed by atoms with Gasteiger partial charge in [-0.3, -0.25) is 4.79 Å². The number of hydrogen-bond acceptors (Lipinski definition) is 13. The Labute approximate surface area is 270 Å². The Kier molecular flexibility index (Phi) is 10.0. The second-order valence-corrected chi connectivity index (χ2v) is 9.63. The van der Waals surface area contributed by atoms with Crippen molar-refractivity contribution in [1.82, 2.24) is 49.9 Å². The number of carbonyl (C=O) groups excluding carboxylic acids is 2. The molecule has 16 nitrogen and oxygen atoms in total. The average Bonchev–Trinajstić information content (AvgIpc) is 3.78. The molecule has 6 aromatic rings. The fourth-order valence-electron chi connectivity index (χ4n) is 3.78. The standard InChI is InChI=1S/C15H13ClN6O2.C13H10ClN7O/c1-2-24-15(23)14-10(9-11(16)20-21-14)18-12-5-3-6-13(19-12)22-8-4-7-17-22;14-9-7-8(12(13(15)22)20-19-9)17-10-3-1-4-11(18-10)21-6-2-5-16-21/h3-9H,2H2,1H3,(H,18,19,20);1-7H,(H2,15,22)(H,17,18,19). The van der Waals surface area contributed by atoms with E-state index in [1.165, 1.54) is 12.1 Å². The first-order chi connectivity index (χ1) is 22.3. The number of pyridine rings is 2. The summed E-state index contributed by atoms with van der Waals surface area (Å²) in [5.41, 5.74) is 5.97. The minimum Gasteiger partial charge on any atom is -0.461 e. The van der Waals surface area contributed by atoms with Crippen LogP contribution in [0.5, 0.6) is 0 Å². The van der Waals surface area contributed by atoms with Gasteiger partial charge in [-0.1, -0.05) is 35.3 Å². The van der Waals surface area contributed by atoms with Crippen molar-refractivity contribution in [2.45, 2.75) is 6.92 Å². The Morgan fingerprint density at radius 1 is 0.761 bits per heavy atom. The van der Waals surface area contributed by atoms with E-state index in [9.17, 15) is 9.59 Å². The molecule has 232 valence electrons. The summed E-state index contributed by atoms with van der Waals surface area (Å²) < 4.78 is 8.20. The fraction of sp³-hybridized carbons (Fsp3) is 0.0714. The zero-order valence-corrected chi connectivity index (χ0v) is 25.3. The van der Waals surface area contributed by atoms with Crippen molar-refractivity contribution in [3.05, 3.63) is 107 Å². The van der Waals surface area contributed by atoms with Gasteiger partial charge in [-0.15, -0.1) is 20.4 Å².